The maximum atomic E-state index is 4.91. The molecule has 0 saturated heterocycles. The number of H-pyrrole nitrogens is 1. The zero-order chi connectivity index (χ0) is 8.55. The molecule has 0 saturated carbocycles. The fourth-order valence-electron chi connectivity index (χ4n) is 1.12. The van der Waals surface area contributed by atoms with E-state index in [1.165, 1.54) is 0 Å². The molecule has 5 heteroatoms. The van der Waals surface area contributed by atoms with Crippen LogP contribution in [0, 0.1) is 4.77 Å². The second-order valence-corrected chi connectivity index (χ2v) is 2.84. The summed E-state index contributed by atoms with van der Waals surface area (Å²) in [6.07, 6.45) is 3.46. The summed E-state index contributed by atoms with van der Waals surface area (Å²) >= 11 is 4.91. The molecule has 1 N–H and O–H groups in total. The zero-order valence-electron chi connectivity index (χ0n) is 6.61. The molecule has 0 aliphatic carbocycles. The van der Waals surface area contributed by atoms with Crippen LogP contribution in [0.4, 0.5) is 0 Å². The molecule has 2 rings (SSSR count). The van der Waals surface area contributed by atoms with Gasteiger partial charge in [-0.25, -0.2) is 9.97 Å². The molecule has 0 radical (unpaired) electrons. The topological polar surface area (TPSA) is 46.5 Å². The van der Waals surface area contributed by atoms with Crippen LogP contribution in [-0.2, 0) is 6.54 Å². The van der Waals surface area contributed by atoms with E-state index in [0.29, 0.717) is 4.77 Å². The van der Waals surface area contributed by atoms with Gasteiger partial charge in [-0.2, -0.15) is 0 Å². The normalized spacial score (nSPS) is 10.8. The molecule has 0 fully saturated rings. The maximum Gasteiger partial charge on any atom is 0.198 e. The Bertz CT molecular complexity index is 456. The van der Waals surface area contributed by atoms with Crippen LogP contribution in [0.1, 0.15) is 6.92 Å². The standard InChI is InChI=1S/C7H8N4S/c1-2-11-4-9-5-3-8-7(12)10-6(5)11/h3-4H,2H2,1H3,(H,8,10,12). The Balaban J connectivity index is 2.84. The van der Waals surface area contributed by atoms with Gasteiger partial charge in [-0.1, -0.05) is 0 Å². The minimum absolute atomic E-state index is 0.498. The largest absolute Gasteiger partial charge is 0.317 e. The summed E-state index contributed by atoms with van der Waals surface area (Å²) in [5.41, 5.74) is 1.79. The summed E-state index contributed by atoms with van der Waals surface area (Å²) in [6, 6.07) is 0. The lowest BCUT2D eigenvalue weighted by atomic mass is 10.5. The van der Waals surface area contributed by atoms with E-state index in [9.17, 15) is 0 Å². The molecule has 2 aromatic heterocycles. The highest BCUT2D eigenvalue weighted by atomic mass is 32.1. The van der Waals surface area contributed by atoms with Crippen molar-refractivity contribution in [2.75, 3.05) is 0 Å². The first-order chi connectivity index (χ1) is 5.81. The molecule has 0 aromatic carbocycles. The molecule has 2 aromatic rings. The first-order valence-electron chi connectivity index (χ1n) is 3.71. The van der Waals surface area contributed by atoms with Gasteiger partial charge in [0.25, 0.3) is 0 Å². The third-order valence-electron chi connectivity index (χ3n) is 1.74. The summed E-state index contributed by atoms with van der Waals surface area (Å²) in [6.45, 7) is 2.93. The van der Waals surface area contributed by atoms with Crippen LogP contribution < -0.4 is 0 Å². The van der Waals surface area contributed by atoms with Gasteiger partial charge in [0.15, 0.2) is 4.77 Å². The van der Waals surface area contributed by atoms with Crippen molar-refractivity contribution in [1.82, 2.24) is 19.5 Å². The molecule has 0 unspecified atom stereocenters. The van der Waals surface area contributed by atoms with Crippen LogP contribution in [0.2, 0.25) is 0 Å². The van der Waals surface area contributed by atoms with Crippen molar-refractivity contribution in [3.63, 3.8) is 0 Å². The zero-order valence-corrected chi connectivity index (χ0v) is 7.43. The second kappa shape index (κ2) is 2.67. The van der Waals surface area contributed by atoms with Crippen molar-refractivity contribution in [2.45, 2.75) is 13.5 Å². The summed E-state index contributed by atoms with van der Waals surface area (Å²) in [4.78, 5) is 11.1. The second-order valence-electron chi connectivity index (χ2n) is 2.45. The van der Waals surface area contributed by atoms with Crippen LogP contribution in [0.5, 0.6) is 0 Å². The van der Waals surface area contributed by atoms with E-state index < -0.39 is 0 Å². The molecule has 12 heavy (non-hydrogen) atoms. The quantitative estimate of drug-likeness (QED) is 0.676. The van der Waals surface area contributed by atoms with E-state index in [1.54, 1.807) is 12.5 Å². The average molecular weight is 180 g/mol. The number of nitrogens with one attached hydrogen (secondary N) is 1. The third-order valence-corrected chi connectivity index (χ3v) is 1.94. The van der Waals surface area contributed by atoms with Crippen molar-refractivity contribution >= 4 is 23.4 Å². The number of rotatable bonds is 1. The van der Waals surface area contributed by atoms with Gasteiger partial charge in [0.05, 0.1) is 12.5 Å². The molecule has 4 nitrogen and oxygen atoms in total. The number of nitrogens with zero attached hydrogens (tertiary/aromatic N) is 3. The highest BCUT2D eigenvalue weighted by Crippen LogP contribution is 2.06. The number of hydrogen-bond acceptors (Lipinski definition) is 3. The van der Waals surface area contributed by atoms with Crippen LogP contribution in [0.15, 0.2) is 12.5 Å². The molecule has 0 atom stereocenters. The Kier molecular flexibility index (Phi) is 1.65. The van der Waals surface area contributed by atoms with Crippen molar-refractivity contribution in [3.05, 3.63) is 17.3 Å². The highest BCUT2D eigenvalue weighted by Gasteiger charge is 1.99. The minimum Gasteiger partial charge on any atom is -0.317 e. The minimum atomic E-state index is 0.498. The van der Waals surface area contributed by atoms with Crippen LogP contribution in [-0.4, -0.2) is 19.5 Å². The lowest BCUT2D eigenvalue weighted by Gasteiger charge is -1.96. The average Bonchev–Trinajstić information content (AvgIpc) is 2.46. The van der Waals surface area contributed by atoms with Crippen molar-refractivity contribution in [2.24, 2.45) is 0 Å². The number of imidazole rings is 1. The third kappa shape index (κ3) is 1.02. The Hall–Kier alpha value is -1.23. The smallest absolute Gasteiger partial charge is 0.198 e. The monoisotopic (exact) mass is 180 g/mol. The predicted octanol–water partition coefficient (Wildman–Crippen LogP) is 1.51. The Morgan fingerprint density at radius 3 is 3.17 bits per heavy atom. The van der Waals surface area contributed by atoms with E-state index in [2.05, 4.69) is 21.9 Å². The molecule has 0 aliphatic rings. The first kappa shape index (κ1) is 7.42. The SMILES string of the molecule is CCn1cnc2cnc(=S)[nH]c21. The van der Waals surface area contributed by atoms with E-state index in [-0.39, 0.29) is 0 Å². The maximum absolute atomic E-state index is 4.91. The molecule has 62 valence electrons. The van der Waals surface area contributed by atoms with Gasteiger partial charge in [-0.15, -0.1) is 0 Å². The summed E-state index contributed by atoms with van der Waals surface area (Å²) in [5, 5.41) is 0. The lowest BCUT2D eigenvalue weighted by Crippen LogP contribution is -1.93. The summed E-state index contributed by atoms with van der Waals surface area (Å²) in [5.74, 6) is 0. The van der Waals surface area contributed by atoms with Gasteiger partial charge in [-0.05, 0) is 19.1 Å². The lowest BCUT2D eigenvalue weighted by molar-refractivity contribution is 0.776. The number of fused-ring (bicyclic) bond motifs is 1. The number of aryl methyl sites for hydroxylation is 1. The Morgan fingerprint density at radius 1 is 1.58 bits per heavy atom. The van der Waals surface area contributed by atoms with Gasteiger partial charge in [-0.3, -0.25) is 0 Å². The van der Waals surface area contributed by atoms with Crippen LogP contribution in [0.3, 0.4) is 0 Å². The summed E-state index contributed by atoms with van der Waals surface area (Å²) in [7, 11) is 0. The van der Waals surface area contributed by atoms with Crippen molar-refractivity contribution in [1.29, 1.82) is 0 Å². The van der Waals surface area contributed by atoms with Gasteiger partial charge in [0.1, 0.15) is 11.2 Å². The van der Waals surface area contributed by atoms with Crippen LogP contribution >= 0.6 is 12.2 Å². The molecule has 0 amide bonds. The number of hydrogen-bond donors (Lipinski definition) is 1. The molecular weight excluding hydrogens is 172 g/mol. The van der Waals surface area contributed by atoms with E-state index >= 15 is 0 Å². The van der Waals surface area contributed by atoms with Gasteiger partial charge in [0, 0.05) is 6.54 Å². The number of aromatic amines is 1. The molecule has 0 bridgehead atoms. The first-order valence-corrected chi connectivity index (χ1v) is 4.12. The van der Waals surface area contributed by atoms with Gasteiger partial charge >= 0.3 is 0 Å². The Labute approximate surface area is 74.3 Å². The molecule has 0 spiro atoms. The van der Waals surface area contributed by atoms with E-state index in [0.717, 1.165) is 17.7 Å². The van der Waals surface area contributed by atoms with Gasteiger partial charge < -0.3 is 9.55 Å². The van der Waals surface area contributed by atoms with Crippen molar-refractivity contribution in [3.8, 4) is 0 Å². The van der Waals surface area contributed by atoms with Crippen LogP contribution in [0.25, 0.3) is 11.2 Å². The Morgan fingerprint density at radius 2 is 2.42 bits per heavy atom. The van der Waals surface area contributed by atoms with E-state index in [4.69, 9.17) is 12.2 Å². The molecule has 0 aliphatic heterocycles. The molecule has 2 heterocycles. The predicted molar refractivity (Wildman–Crippen MR) is 48.4 cm³/mol. The molecular formula is C7H8N4S. The van der Waals surface area contributed by atoms with E-state index in [1.807, 2.05) is 4.57 Å². The van der Waals surface area contributed by atoms with Crippen molar-refractivity contribution < 1.29 is 0 Å². The van der Waals surface area contributed by atoms with Gasteiger partial charge in [0.2, 0.25) is 0 Å². The number of aromatic nitrogens is 4. The highest BCUT2D eigenvalue weighted by molar-refractivity contribution is 7.71. The summed E-state index contributed by atoms with van der Waals surface area (Å²) < 4.78 is 2.49. The fraction of sp³-hybridized carbons (Fsp3) is 0.286. The fourth-order valence-corrected chi connectivity index (χ4v) is 1.27.